The molecule has 0 radical (unpaired) electrons. The average molecular weight is 211 g/mol. The van der Waals surface area contributed by atoms with Crippen LogP contribution in [-0.2, 0) is 0 Å². The lowest BCUT2D eigenvalue weighted by atomic mass is 9.88. The van der Waals surface area contributed by atoms with E-state index >= 15 is 0 Å². The third-order valence-electron chi connectivity index (χ3n) is 4.31. The molecule has 0 amide bonds. The fraction of sp³-hybridized carbons (Fsp3) is 1.00. The molecule has 2 aliphatic rings. The van der Waals surface area contributed by atoms with Crippen molar-refractivity contribution in [3.8, 4) is 0 Å². The van der Waals surface area contributed by atoms with Crippen LogP contribution in [0.3, 0.4) is 0 Å². The van der Waals surface area contributed by atoms with Crippen molar-refractivity contribution >= 4 is 0 Å². The lowest BCUT2D eigenvalue weighted by molar-refractivity contribution is 0.0511. The van der Waals surface area contributed by atoms with Crippen LogP contribution in [0.2, 0.25) is 0 Å². The maximum atomic E-state index is 9.50. The summed E-state index contributed by atoms with van der Waals surface area (Å²) in [5.41, 5.74) is 0. The molecule has 0 spiro atoms. The molecule has 1 heterocycles. The molecular formula is C13H25NO. The van der Waals surface area contributed by atoms with Gasteiger partial charge in [0.05, 0.1) is 6.10 Å². The van der Waals surface area contributed by atoms with Gasteiger partial charge in [0.2, 0.25) is 0 Å². The number of aliphatic hydroxyl groups is 1. The molecule has 0 unspecified atom stereocenters. The Balaban J connectivity index is 1.82. The monoisotopic (exact) mass is 211 g/mol. The zero-order valence-corrected chi connectivity index (χ0v) is 9.99. The van der Waals surface area contributed by atoms with Gasteiger partial charge in [0.25, 0.3) is 0 Å². The van der Waals surface area contributed by atoms with Crippen LogP contribution in [0.15, 0.2) is 0 Å². The summed E-state index contributed by atoms with van der Waals surface area (Å²) in [5, 5.41) is 9.50. The molecule has 1 saturated heterocycles. The molecular weight excluding hydrogens is 186 g/mol. The summed E-state index contributed by atoms with van der Waals surface area (Å²) in [7, 11) is 0. The maximum absolute atomic E-state index is 9.50. The van der Waals surface area contributed by atoms with E-state index in [9.17, 15) is 5.11 Å². The molecule has 1 N–H and O–H groups in total. The molecule has 1 atom stereocenters. The van der Waals surface area contributed by atoms with Gasteiger partial charge in [0.1, 0.15) is 0 Å². The van der Waals surface area contributed by atoms with Crippen LogP contribution in [0.25, 0.3) is 0 Å². The molecule has 0 bridgehead atoms. The fourth-order valence-corrected chi connectivity index (χ4v) is 3.19. The molecule has 0 aromatic carbocycles. The van der Waals surface area contributed by atoms with Crippen molar-refractivity contribution in [3.63, 3.8) is 0 Å². The van der Waals surface area contributed by atoms with Gasteiger partial charge in [-0.1, -0.05) is 13.3 Å². The summed E-state index contributed by atoms with van der Waals surface area (Å²) in [6.45, 7) is 4.94. The number of piperidine rings is 1. The van der Waals surface area contributed by atoms with Gasteiger partial charge in [0.15, 0.2) is 0 Å². The predicted octanol–water partition coefficient (Wildman–Crippen LogP) is 2.41. The minimum absolute atomic E-state index is 0.00647. The van der Waals surface area contributed by atoms with Crippen LogP contribution < -0.4 is 0 Å². The zero-order valence-electron chi connectivity index (χ0n) is 9.99. The van der Waals surface area contributed by atoms with E-state index in [1.165, 1.54) is 45.2 Å². The molecule has 1 saturated carbocycles. The van der Waals surface area contributed by atoms with Crippen LogP contribution in [0, 0.1) is 5.92 Å². The highest BCUT2D eigenvalue weighted by Gasteiger charge is 2.28. The number of nitrogens with zero attached hydrogens (tertiary/aromatic N) is 1. The second kappa shape index (κ2) is 5.31. The second-order valence-electron chi connectivity index (χ2n) is 5.37. The smallest absolute Gasteiger partial charge is 0.0541 e. The van der Waals surface area contributed by atoms with E-state index in [0.717, 1.165) is 24.8 Å². The average Bonchev–Trinajstić information content (AvgIpc) is 2.30. The van der Waals surface area contributed by atoms with Gasteiger partial charge in [0, 0.05) is 12.6 Å². The van der Waals surface area contributed by atoms with Crippen molar-refractivity contribution in [2.45, 2.75) is 64.0 Å². The number of aliphatic hydroxyl groups excluding tert-OH is 1. The standard InChI is InChI=1S/C13H25NO/c1-2-11-4-3-9-14(10-11)12-5-7-13(15)8-6-12/h11-13,15H,2-10H2,1H3/t11-,12?,13?/m0/s1. The van der Waals surface area contributed by atoms with Gasteiger partial charge in [-0.15, -0.1) is 0 Å². The lowest BCUT2D eigenvalue weighted by Crippen LogP contribution is -2.44. The van der Waals surface area contributed by atoms with Crippen molar-refractivity contribution in [1.29, 1.82) is 0 Å². The fourth-order valence-electron chi connectivity index (χ4n) is 3.19. The van der Waals surface area contributed by atoms with Gasteiger partial charge in [-0.05, 0) is 51.0 Å². The van der Waals surface area contributed by atoms with Crippen molar-refractivity contribution in [1.82, 2.24) is 4.90 Å². The van der Waals surface area contributed by atoms with Gasteiger partial charge in [-0.2, -0.15) is 0 Å². The Morgan fingerprint density at radius 3 is 2.53 bits per heavy atom. The number of likely N-dealkylation sites (tertiary alicyclic amines) is 1. The number of rotatable bonds is 2. The Morgan fingerprint density at radius 1 is 1.13 bits per heavy atom. The summed E-state index contributed by atoms with van der Waals surface area (Å²) in [6.07, 6.45) is 8.64. The molecule has 2 nitrogen and oxygen atoms in total. The van der Waals surface area contributed by atoms with Gasteiger partial charge in [-0.3, -0.25) is 0 Å². The second-order valence-corrected chi connectivity index (χ2v) is 5.37. The van der Waals surface area contributed by atoms with E-state index < -0.39 is 0 Å². The van der Waals surface area contributed by atoms with Crippen molar-refractivity contribution in [2.75, 3.05) is 13.1 Å². The number of hydrogen-bond acceptors (Lipinski definition) is 2. The normalized spacial score (nSPS) is 39.2. The molecule has 1 aliphatic heterocycles. The lowest BCUT2D eigenvalue weighted by Gasteiger charge is -2.40. The Morgan fingerprint density at radius 2 is 1.87 bits per heavy atom. The predicted molar refractivity (Wildman–Crippen MR) is 62.9 cm³/mol. The summed E-state index contributed by atoms with van der Waals surface area (Å²) < 4.78 is 0. The first-order chi connectivity index (χ1) is 7.29. The van der Waals surface area contributed by atoms with Crippen molar-refractivity contribution in [3.05, 3.63) is 0 Å². The summed E-state index contributed by atoms with van der Waals surface area (Å²) in [5.74, 6) is 0.936. The van der Waals surface area contributed by atoms with E-state index in [-0.39, 0.29) is 6.10 Å². The zero-order chi connectivity index (χ0) is 10.7. The molecule has 0 aromatic rings. The Bertz CT molecular complexity index is 187. The third-order valence-corrected chi connectivity index (χ3v) is 4.31. The molecule has 2 rings (SSSR count). The first kappa shape index (κ1) is 11.4. The number of hydrogen-bond donors (Lipinski definition) is 1. The van der Waals surface area contributed by atoms with Crippen LogP contribution in [0.5, 0.6) is 0 Å². The molecule has 2 fully saturated rings. The molecule has 88 valence electrons. The van der Waals surface area contributed by atoms with E-state index in [2.05, 4.69) is 11.8 Å². The largest absolute Gasteiger partial charge is 0.393 e. The van der Waals surface area contributed by atoms with Crippen LogP contribution >= 0.6 is 0 Å². The molecule has 0 aromatic heterocycles. The van der Waals surface area contributed by atoms with E-state index in [4.69, 9.17) is 0 Å². The molecule has 2 heteroatoms. The van der Waals surface area contributed by atoms with Gasteiger partial charge < -0.3 is 10.0 Å². The Kier molecular flexibility index (Phi) is 4.04. The van der Waals surface area contributed by atoms with Crippen LogP contribution in [-0.4, -0.2) is 35.2 Å². The van der Waals surface area contributed by atoms with E-state index in [1.807, 2.05) is 0 Å². The van der Waals surface area contributed by atoms with E-state index in [1.54, 1.807) is 0 Å². The third kappa shape index (κ3) is 2.94. The summed E-state index contributed by atoms with van der Waals surface area (Å²) in [4.78, 5) is 2.70. The Hall–Kier alpha value is -0.0800. The SMILES string of the molecule is CC[C@H]1CCCN(C2CCC(O)CC2)C1. The highest BCUT2D eigenvalue weighted by atomic mass is 16.3. The minimum Gasteiger partial charge on any atom is -0.393 e. The molecule has 15 heavy (non-hydrogen) atoms. The molecule has 1 aliphatic carbocycles. The first-order valence-electron chi connectivity index (χ1n) is 6.71. The minimum atomic E-state index is -0.00647. The quantitative estimate of drug-likeness (QED) is 0.758. The van der Waals surface area contributed by atoms with Crippen LogP contribution in [0.4, 0.5) is 0 Å². The van der Waals surface area contributed by atoms with Crippen molar-refractivity contribution in [2.24, 2.45) is 5.92 Å². The first-order valence-corrected chi connectivity index (χ1v) is 6.71. The topological polar surface area (TPSA) is 23.5 Å². The van der Waals surface area contributed by atoms with Crippen molar-refractivity contribution < 1.29 is 5.11 Å². The van der Waals surface area contributed by atoms with Gasteiger partial charge >= 0.3 is 0 Å². The highest BCUT2D eigenvalue weighted by Crippen LogP contribution is 2.28. The van der Waals surface area contributed by atoms with Crippen LogP contribution in [0.1, 0.15) is 51.9 Å². The maximum Gasteiger partial charge on any atom is 0.0541 e. The van der Waals surface area contributed by atoms with Gasteiger partial charge in [-0.25, -0.2) is 0 Å². The Labute approximate surface area is 93.7 Å². The highest BCUT2D eigenvalue weighted by molar-refractivity contribution is 4.83. The van der Waals surface area contributed by atoms with E-state index in [0.29, 0.717) is 0 Å². The summed E-state index contributed by atoms with van der Waals surface area (Å²) in [6, 6.07) is 0.780. The summed E-state index contributed by atoms with van der Waals surface area (Å²) >= 11 is 0.